The van der Waals surface area contributed by atoms with Gasteiger partial charge in [-0.05, 0) is 25.0 Å². The van der Waals surface area contributed by atoms with Crippen LogP contribution in [0.1, 0.15) is 18.2 Å². The van der Waals surface area contributed by atoms with E-state index in [9.17, 15) is 9.59 Å². The van der Waals surface area contributed by atoms with Crippen LogP contribution in [0.5, 0.6) is 0 Å². The number of hydrogen-bond acceptors (Lipinski definition) is 5. The Labute approximate surface area is 138 Å². The summed E-state index contributed by atoms with van der Waals surface area (Å²) in [6, 6.07) is 7.55. The fourth-order valence-electron chi connectivity index (χ4n) is 2.50. The van der Waals surface area contributed by atoms with E-state index >= 15 is 0 Å². The molecule has 0 fully saturated rings. The van der Waals surface area contributed by atoms with E-state index in [1.807, 2.05) is 38.1 Å². The first-order valence-corrected chi connectivity index (χ1v) is 7.66. The molecule has 0 radical (unpaired) electrons. The van der Waals surface area contributed by atoms with Gasteiger partial charge in [0.05, 0.1) is 5.69 Å². The van der Waals surface area contributed by atoms with E-state index in [1.54, 1.807) is 11.7 Å². The van der Waals surface area contributed by atoms with Gasteiger partial charge in [-0.3, -0.25) is 14.3 Å². The van der Waals surface area contributed by atoms with Gasteiger partial charge < -0.3 is 5.32 Å². The van der Waals surface area contributed by atoms with Gasteiger partial charge in [0.25, 0.3) is 5.56 Å². The second-order valence-corrected chi connectivity index (χ2v) is 5.52. The summed E-state index contributed by atoms with van der Waals surface area (Å²) >= 11 is 0. The highest BCUT2D eigenvalue weighted by Crippen LogP contribution is 2.15. The highest BCUT2D eigenvalue weighted by molar-refractivity contribution is 5.91. The molecule has 8 heteroatoms. The van der Waals surface area contributed by atoms with Gasteiger partial charge in [-0.1, -0.05) is 30.3 Å². The van der Waals surface area contributed by atoms with Crippen molar-refractivity contribution in [1.82, 2.24) is 24.8 Å². The molecular weight excluding hydrogens is 308 g/mol. The average molecular weight is 326 g/mol. The molecule has 1 amide bonds. The molecule has 0 aliphatic heterocycles. The van der Waals surface area contributed by atoms with Gasteiger partial charge >= 0.3 is 0 Å². The lowest BCUT2D eigenvalue weighted by molar-refractivity contribution is -0.117. The van der Waals surface area contributed by atoms with E-state index in [4.69, 9.17) is 0 Å². The molecule has 124 valence electrons. The molecule has 2 aromatic heterocycles. The van der Waals surface area contributed by atoms with Crippen LogP contribution in [0.15, 0.2) is 29.1 Å². The molecule has 2 heterocycles. The molecule has 3 rings (SSSR count). The summed E-state index contributed by atoms with van der Waals surface area (Å²) in [7, 11) is 1.73. The molecule has 1 N–H and O–H groups in total. The number of nitrogens with zero attached hydrogens (tertiary/aromatic N) is 5. The first-order valence-electron chi connectivity index (χ1n) is 7.66. The summed E-state index contributed by atoms with van der Waals surface area (Å²) in [5.74, 6) is -0.334. The summed E-state index contributed by atoms with van der Waals surface area (Å²) in [6.07, 6.45) is 0.801. The Morgan fingerprint density at radius 1 is 1.25 bits per heavy atom. The van der Waals surface area contributed by atoms with E-state index < -0.39 is 5.56 Å². The van der Waals surface area contributed by atoms with Gasteiger partial charge in [-0.2, -0.15) is 9.78 Å². The Hall–Kier alpha value is -3.03. The largest absolute Gasteiger partial charge is 0.324 e. The molecule has 0 aliphatic carbocycles. The molecule has 8 nitrogen and oxygen atoms in total. The van der Waals surface area contributed by atoms with Crippen molar-refractivity contribution >= 4 is 22.6 Å². The number of anilines is 1. The van der Waals surface area contributed by atoms with E-state index in [2.05, 4.69) is 20.7 Å². The number of para-hydroxylation sites is 1. The van der Waals surface area contributed by atoms with Gasteiger partial charge in [0.2, 0.25) is 5.91 Å². The SMILES string of the molecule is CCc1ccccc1NC(=O)Cn1nnc2c(C)n(C)nc2c1=O. The fourth-order valence-corrected chi connectivity index (χ4v) is 2.50. The molecule has 0 aliphatic rings. The van der Waals surface area contributed by atoms with Crippen molar-refractivity contribution in [2.45, 2.75) is 26.8 Å². The number of rotatable bonds is 4. The van der Waals surface area contributed by atoms with Crippen LogP contribution in [0.3, 0.4) is 0 Å². The highest BCUT2D eigenvalue weighted by Gasteiger charge is 2.15. The van der Waals surface area contributed by atoms with Crippen LogP contribution in [0.2, 0.25) is 0 Å². The standard InChI is InChI=1S/C16H18N6O2/c1-4-11-7-5-6-8-12(11)17-13(23)9-22-16(24)15-14(18-20-22)10(2)21(3)19-15/h5-8H,4,9H2,1-3H3,(H,17,23). The van der Waals surface area contributed by atoms with E-state index in [0.717, 1.165) is 28.0 Å². The van der Waals surface area contributed by atoms with Crippen molar-refractivity contribution in [2.24, 2.45) is 7.05 Å². The number of carbonyl (C=O) groups excluding carboxylic acids is 1. The van der Waals surface area contributed by atoms with Gasteiger partial charge in [-0.15, -0.1) is 5.10 Å². The van der Waals surface area contributed by atoms with Crippen LogP contribution in [0, 0.1) is 6.92 Å². The third kappa shape index (κ3) is 2.78. The molecular formula is C16H18N6O2. The Kier molecular flexibility index (Phi) is 4.11. The van der Waals surface area contributed by atoms with Crippen LogP contribution < -0.4 is 10.9 Å². The van der Waals surface area contributed by atoms with Crippen LogP contribution in [0.25, 0.3) is 11.0 Å². The smallest absolute Gasteiger partial charge is 0.298 e. The lowest BCUT2D eigenvalue weighted by Crippen LogP contribution is -2.30. The minimum absolute atomic E-state index is 0.213. The second kappa shape index (κ2) is 6.23. The number of nitrogens with one attached hydrogen (secondary N) is 1. The number of hydrogen-bond donors (Lipinski definition) is 1. The molecule has 24 heavy (non-hydrogen) atoms. The summed E-state index contributed by atoms with van der Waals surface area (Å²) < 4.78 is 2.60. The van der Waals surface area contributed by atoms with Crippen LogP contribution >= 0.6 is 0 Å². The van der Waals surface area contributed by atoms with Crippen LogP contribution in [-0.4, -0.2) is 30.7 Å². The Bertz CT molecular complexity index is 972. The zero-order valence-corrected chi connectivity index (χ0v) is 13.8. The molecule has 1 aromatic carbocycles. The number of amides is 1. The maximum atomic E-state index is 12.4. The minimum Gasteiger partial charge on any atom is -0.324 e. The topological polar surface area (TPSA) is 94.7 Å². The van der Waals surface area contributed by atoms with Crippen molar-refractivity contribution in [1.29, 1.82) is 0 Å². The molecule has 0 spiro atoms. The number of fused-ring (bicyclic) bond motifs is 1. The second-order valence-electron chi connectivity index (χ2n) is 5.52. The lowest BCUT2D eigenvalue weighted by Gasteiger charge is -2.09. The zero-order chi connectivity index (χ0) is 17.3. The van der Waals surface area contributed by atoms with Crippen LogP contribution in [-0.2, 0) is 24.8 Å². The first-order chi connectivity index (χ1) is 11.5. The quantitative estimate of drug-likeness (QED) is 0.773. The Balaban J connectivity index is 1.86. The van der Waals surface area contributed by atoms with Gasteiger partial charge in [0, 0.05) is 12.7 Å². The van der Waals surface area contributed by atoms with Gasteiger partial charge in [-0.25, -0.2) is 0 Å². The summed E-state index contributed by atoms with van der Waals surface area (Å²) in [5.41, 5.74) is 2.76. The summed E-state index contributed by atoms with van der Waals surface area (Å²) in [5, 5.41) is 14.8. The predicted octanol–water partition coefficient (Wildman–Crippen LogP) is 1.03. The Morgan fingerprint density at radius 3 is 2.75 bits per heavy atom. The van der Waals surface area contributed by atoms with Gasteiger partial charge in [0.15, 0.2) is 5.52 Å². The number of aryl methyl sites for hydroxylation is 3. The van der Waals surface area contributed by atoms with Crippen molar-refractivity contribution in [2.75, 3.05) is 5.32 Å². The van der Waals surface area contributed by atoms with Crippen molar-refractivity contribution in [3.8, 4) is 0 Å². The third-order valence-corrected chi connectivity index (χ3v) is 3.96. The highest BCUT2D eigenvalue weighted by atomic mass is 16.2. The third-order valence-electron chi connectivity index (χ3n) is 3.96. The molecule has 0 atom stereocenters. The fraction of sp³-hybridized carbons (Fsp3) is 0.312. The number of carbonyl (C=O) groups is 1. The maximum Gasteiger partial charge on any atom is 0.298 e. The van der Waals surface area contributed by atoms with Crippen molar-refractivity contribution < 1.29 is 4.79 Å². The molecule has 0 bridgehead atoms. The molecule has 0 saturated carbocycles. The molecule has 0 saturated heterocycles. The summed E-state index contributed by atoms with van der Waals surface area (Å²) in [6.45, 7) is 3.61. The van der Waals surface area contributed by atoms with Crippen molar-refractivity contribution in [3.05, 3.63) is 45.9 Å². The zero-order valence-electron chi connectivity index (χ0n) is 13.8. The van der Waals surface area contributed by atoms with E-state index in [0.29, 0.717) is 5.52 Å². The number of benzene rings is 1. The monoisotopic (exact) mass is 326 g/mol. The average Bonchev–Trinajstić information content (AvgIpc) is 2.86. The maximum absolute atomic E-state index is 12.4. The minimum atomic E-state index is -0.428. The van der Waals surface area contributed by atoms with Crippen molar-refractivity contribution in [3.63, 3.8) is 0 Å². The summed E-state index contributed by atoms with van der Waals surface area (Å²) in [4.78, 5) is 24.7. The normalized spacial score (nSPS) is 11.0. The first kappa shape index (κ1) is 15.9. The number of aromatic nitrogens is 5. The van der Waals surface area contributed by atoms with Crippen LogP contribution in [0.4, 0.5) is 5.69 Å². The molecule has 3 aromatic rings. The molecule has 0 unspecified atom stereocenters. The Morgan fingerprint density at radius 2 is 2.00 bits per heavy atom. The van der Waals surface area contributed by atoms with E-state index in [-0.39, 0.29) is 18.0 Å². The predicted molar refractivity (Wildman–Crippen MR) is 89.8 cm³/mol. The lowest BCUT2D eigenvalue weighted by atomic mass is 10.1. The van der Waals surface area contributed by atoms with E-state index in [1.165, 1.54) is 0 Å². The van der Waals surface area contributed by atoms with Gasteiger partial charge in [0.1, 0.15) is 12.1 Å².